The van der Waals surface area contributed by atoms with Gasteiger partial charge in [0.1, 0.15) is 6.04 Å². The average Bonchev–Trinajstić information content (AvgIpc) is 2.32. The third-order valence-electron chi connectivity index (χ3n) is 3.23. The van der Waals surface area contributed by atoms with Gasteiger partial charge >= 0.3 is 5.97 Å². The lowest BCUT2D eigenvalue weighted by molar-refractivity contribution is -0.148. The van der Waals surface area contributed by atoms with Gasteiger partial charge in [-0.05, 0) is 26.3 Å². The Morgan fingerprint density at radius 1 is 1.31 bits per heavy atom. The summed E-state index contributed by atoms with van der Waals surface area (Å²) in [4.78, 5) is 14.0. The zero-order valence-electron chi connectivity index (χ0n) is 11.5. The predicted octanol–water partition coefficient (Wildman–Crippen LogP) is 2.84. The maximum absolute atomic E-state index is 11.8. The van der Waals surface area contributed by atoms with Gasteiger partial charge in [-0.15, -0.1) is 0 Å². The number of hydrogen-bond acceptors (Lipinski definition) is 3. The molecule has 0 aromatic heterocycles. The van der Waals surface area contributed by atoms with Crippen LogP contribution in [0.4, 0.5) is 0 Å². The molecule has 0 saturated heterocycles. The molecule has 0 amide bonds. The summed E-state index contributed by atoms with van der Waals surface area (Å²) in [5.41, 5.74) is 0. The molecule has 0 bridgehead atoms. The molecular formula is C13H27NO2. The average molecular weight is 229 g/mol. The Bertz CT molecular complexity index is 194. The number of ether oxygens (including phenoxy) is 1. The molecule has 0 spiro atoms. The highest BCUT2D eigenvalue weighted by Crippen LogP contribution is 2.15. The molecule has 0 N–H and O–H groups in total. The van der Waals surface area contributed by atoms with Gasteiger partial charge in [0, 0.05) is 6.04 Å². The van der Waals surface area contributed by atoms with E-state index >= 15 is 0 Å². The van der Waals surface area contributed by atoms with Crippen molar-refractivity contribution in [1.82, 2.24) is 4.90 Å². The second-order valence-corrected chi connectivity index (χ2v) is 4.27. The van der Waals surface area contributed by atoms with Gasteiger partial charge in [0.2, 0.25) is 0 Å². The lowest BCUT2D eigenvalue weighted by atomic mass is 10.1. The third kappa shape index (κ3) is 4.52. The number of carbonyl (C=O) groups is 1. The number of esters is 1. The molecule has 96 valence electrons. The minimum Gasteiger partial charge on any atom is -0.468 e. The molecule has 0 saturated carbocycles. The molecular weight excluding hydrogens is 202 g/mol. The zero-order chi connectivity index (χ0) is 12.6. The Hall–Kier alpha value is -0.570. The fourth-order valence-corrected chi connectivity index (χ4v) is 2.03. The predicted molar refractivity (Wildman–Crippen MR) is 67.5 cm³/mol. The number of nitrogens with zero attached hydrogens (tertiary/aromatic N) is 1. The highest BCUT2D eigenvalue weighted by molar-refractivity contribution is 5.75. The van der Waals surface area contributed by atoms with E-state index in [0.29, 0.717) is 6.04 Å². The quantitative estimate of drug-likeness (QED) is 0.599. The summed E-state index contributed by atoms with van der Waals surface area (Å²) < 4.78 is 4.91. The maximum atomic E-state index is 11.8. The fraction of sp³-hybridized carbons (Fsp3) is 0.923. The molecule has 3 heteroatoms. The van der Waals surface area contributed by atoms with Crippen LogP contribution in [0.25, 0.3) is 0 Å². The van der Waals surface area contributed by atoms with Crippen LogP contribution in [0.5, 0.6) is 0 Å². The number of carbonyl (C=O) groups excluding carboxylic acids is 1. The first-order chi connectivity index (χ1) is 7.62. The summed E-state index contributed by atoms with van der Waals surface area (Å²) in [6.07, 6.45) is 4.16. The molecule has 0 fully saturated rings. The Morgan fingerprint density at radius 2 is 1.94 bits per heavy atom. The van der Waals surface area contributed by atoms with E-state index in [1.807, 2.05) is 0 Å². The topological polar surface area (TPSA) is 29.5 Å². The molecule has 0 aliphatic carbocycles. The Kier molecular flexibility index (Phi) is 8.26. The van der Waals surface area contributed by atoms with Crippen molar-refractivity contribution in [2.24, 2.45) is 0 Å². The van der Waals surface area contributed by atoms with Gasteiger partial charge in [-0.2, -0.15) is 0 Å². The molecule has 2 unspecified atom stereocenters. The Labute approximate surface area is 100 Å². The number of rotatable bonds is 8. The van der Waals surface area contributed by atoms with Crippen molar-refractivity contribution in [3.63, 3.8) is 0 Å². The first-order valence-corrected chi connectivity index (χ1v) is 6.45. The van der Waals surface area contributed by atoms with Crippen LogP contribution >= 0.6 is 0 Å². The van der Waals surface area contributed by atoms with Crippen molar-refractivity contribution in [3.8, 4) is 0 Å². The number of unbranched alkanes of at least 4 members (excludes halogenated alkanes) is 1. The Morgan fingerprint density at radius 3 is 2.31 bits per heavy atom. The van der Waals surface area contributed by atoms with Gasteiger partial charge in [-0.25, -0.2) is 0 Å². The second-order valence-electron chi connectivity index (χ2n) is 4.27. The largest absolute Gasteiger partial charge is 0.468 e. The summed E-state index contributed by atoms with van der Waals surface area (Å²) in [5.74, 6) is -0.0874. The van der Waals surface area contributed by atoms with Gasteiger partial charge in [-0.1, -0.05) is 33.6 Å². The van der Waals surface area contributed by atoms with E-state index < -0.39 is 0 Å². The number of likely N-dealkylation sites (N-methyl/N-ethyl adjacent to an activating group) is 1. The van der Waals surface area contributed by atoms with Gasteiger partial charge in [-0.3, -0.25) is 9.69 Å². The van der Waals surface area contributed by atoms with Crippen molar-refractivity contribution >= 4 is 5.97 Å². The molecule has 0 aromatic carbocycles. The van der Waals surface area contributed by atoms with Gasteiger partial charge in [0.25, 0.3) is 0 Å². The van der Waals surface area contributed by atoms with E-state index in [1.54, 1.807) is 0 Å². The van der Waals surface area contributed by atoms with Crippen molar-refractivity contribution in [2.75, 3.05) is 13.7 Å². The van der Waals surface area contributed by atoms with E-state index in [4.69, 9.17) is 4.74 Å². The zero-order valence-corrected chi connectivity index (χ0v) is 11.5. The van der Waals surface area contributed by atoms with E-state index in [9.17, 15) is 4.79 Å². The van der Waals surface area contributed by atoms with E-state index in [0.717, 1.165) is 32.2 Å². The maximum Gasteiger partial charge on any atom is 0.323 e. The van der Waals surface area contributed by atoms with Crippen LogP contribution in [-0.4, -0.2) is 36.6 Å². The third-order valence-corrected chi connectivity index (χ3v) is 3.23. The van der Waals surface area contributed by atoms with Crippen LogP contribution in [0.2, 0.25) is 0 Å². The van der Waals surface area contributed by atoms with Crippen molar-refractivity contribution in [3.05, 3.63) is 0 Å². The number of hydrogen-bond donors (Lipinski definition) is 0. The molecule has 0 radical (unpaired) electrons. The van der Waals surface area contributed by atoms with Crippen molar-refractivity contribution in [1.29, 1.82) is 0 Å². The summed E-state index contributed by atoms with van der Waals surface area (Å²) in [5, 5.41) is 0. The van der Waals surface area contributed by atoms with Gasteiger partial charge in [0.15, 0.2) is 0 Å². The fourth-order valence-electron chi connectivity index (χ4n) is 2.03. The van der Waals surface area contributed by atoms with Crippen LogP contribution < -0.4 is 0 Å². The first-order valence-electron chi connectivity index (χ1n) is 6.45. The molecule has 0 aliphatic rings. The molecule has 0 heterocycles. The molecule has 0 aromatic rings. The molecule has 0 rings (SSSR count). The number of methoxy groups -OCH3 is 1. The minimum absolute atomic E-state index is 0.0649. The molecule has 16 heavy (non-hydrogen) atoms. The second kappa shape index (κ2) is 8.57. The lowest BCUT2D eigenvalue weighted by Crippen LogP contribution is -2.46. The molecule has 0 aliphatic heterocycles. The van der Waals surface area contributed by atoms with Gasteiger partial charge in [0.05, 0.1) is 7.11 Å². The molecule has 3 nitrogen and oxygen atoms in total. The minimum atomic E-state index is -0.0874. The van der Waals surface area contributed by atoms with E-state index in [1.165, 1.54) is 7.11 Å². The SMILES string of the molecule is CCCCC(C(=O)OC)N(CC)C(C)CC. The highest BCUT2D eigenvalue weighted by Gasteiger charge is 2.27. The summed E-state index contributed by atoms with van der Waals surface area (Å²) >= 11 is 0. The van der Waals surface area contributed by atoms with E-state index in [-0.39, 0.29) is 12.0 Å². The standard InChI is InChI=1S/C13H27NO2/c1-6-9-10-12(13(15)16-5)14(8-3)11(4)7-2/h11-12H,6-10H2,1-5H3. The van der Waals surface area contributed by atoms with Crippen LogP contribution in [-0.2, 0) is 9.53 Å². The van der Waals surface area contributed by atoms with Crippen LogP contribution in [0.1, 0.15) is 53.4 Å². The Balaban J connectivity index is 4.61. The highest BCUT2D eigenvalue weighted by atomic mass is 16.5. The first kappa shape index (κ1) is 15.4. The summed E-state index contributed by atoms with van der Waals surface area (Å²) in [6, 6.07) is 0.371. The normalized spacial score (nSPS) is 14.9. The smallest absolute Gasteiger partial charge is 0.323 e. The summed E-state index contributed by atoms with van der Waals surface area (Å²) in [7, 11) is 1.48. The van der Waals surface area contributed by atoms with Gasteiger partial charge < -0.3 is 4.74 Å². The van der Waals surface area contributed by atoms with Crippen LogP contribution in [0.15, 0.2) is 0 Å². The summed E-state index contributed by atoms with van der Waals surface area (Å²) in [6.45, 7) is 9.48. The van der Waals surface area contributed by atoms with E-state index in [2.05, 4.69) is 32.6 Å². The van der Waals surface area contributed by atoms with Crippen LogP contribution in [0.3, 0.4) is 0 Å². The van der Waals surface area contributed by atoms with Crippen molar-refractivity contribution in [2.45, 2.75) is 65.5 Å². The lowest BCUT2D eigenvalue weighted by Gasteiger charge is -2.33. The monoisotopic (exact) mass is 229 g/mol. The van der Waals surface area contributed by atoms with Crippen LogP contribution in [0, 0.1) is 0 Å². The molecule has 2 atom stereocenters. The van der Waals surface area contributed by atoms with Crippen molar-refractivity contribution < 1.29 is 9.53 Å².